The molecule has 7 heteroatoms. The van der Waals surface area contributed by atoms with Crippen molar-refractivity contribution in [2.75, 3.05) is 11.9 Å². The van der Waals surface area contributed by atoms with E-state index < -0.39 is 0 Å². The highest BCUT2D eigenvalue weighted by Crippen LogP contribution is 2.29. The third-order valence-electron chi connectivity index (χ3n) is 5.50. The maximum Gasteiger partial charge on any atom is 0.258 e. The van der Waals surface area contributed by atoms with E-state index in [0.29, 0.717) is 47.0 Å². The number of nitrogens with zero attached hydrogens (tertiary/aromatic N) is 2. The fourth-order valence-corrected chi connectivity index (χ4v) is 3.65. The van der Waals surface area contributed by atoms with E-state index in [4.69, 9.17) is 4.74 Å². The molecule has 4 rings (SSSR count). The van der Waals surface area contributed by atoms with Crippen LogP contribution in [0.25, 0.3) is 10.9 Å². The Morgan fingerprint density at radius 3 is 2.50 bits per heavy atom. The van der Waals surface area contributed by atoms with Gasteiger partial charge < -0.3 is 15.0 Å². The minimum atomic E-state index is -0.155. The van der Waals surface area contributed by atoms with Crippen molar-refractivity contribution in [3.05, 3.63) is 95.0 Å². The van der Waals surface area contributed by atoms with E-state index >= 15 is 0 Å². The van der Waals surface area contributed by atoms with Crippen LogP contribution in [0.2, 0.25) is 0 Å². The number of anilines is 1. The molecule has 0 aliphatic heterocycles. The summed E-state index contributed by atoms with van der Waals surface area (Å²) >= 11 is 0. The first-order chi connectivity index (χ1) is 16.5. The summed E-state index contributed by atoms with van der Waals surface area (Å²) in [5.41, 5.74) is 1.13. The van der Waals surface area contributed by atoms with E-state index in [0.717, 1.165) is 0 Å². The van der Waals surface area contributed by atoms with Crippen LogP contribution in [0.5, 0.6) is 11.5 Å². The highest BCUT2D eigenvalue weighted by Gasteiger charge is 2.16. The van der Waals surface area contributed by atoms with Crippen LogP contribution in [0.15, 0.2) is 83.7 Å². The minimum Gasteiger partial charge on any atom is -0.455 e. The molecular formula is C27H28N4O3. The van der Waals surface area contributed by atoms with E-state index in [1.807, 2.05) is 72.8 Å². The number of hydrogen-bond donors (Lipinski definition) is 2. The topological polar surface area (TPSA) is 87.3 Å². The zero-order valence-electron chi connectivity index (χ0n) is 19.3. The summed E-state index contributed by atoms with van der Waals surface area (Å²) in [6.45, 7) is 5.07. The standard InChI is InChI=1S/C27H28N4O3/c1-19(2)31(18-25-28-22-13-7-6-12-21(22)27(33)30-25)17-16-26(32)29-23-14-8-9-15-24(23)34-20-10-4-3-5-11-20/h3-15,19H,16-18H2,1-2H3,(H,29,32)(H,28,30,33). The zero-order valence-corrected chi connectivity index (χ0v) is 19.3. The van der Waals surface area contributed by atoms with Crippen molar-refractivity contribution >= 4 is 22.5 Å². The second-order valence-electron chi connectivity index (χ2n) is 8.30. The molecule has 0 aliphatic rings. The first-order valence-electron chi connectivity index (χ1n) is 11.3. The van der Waals surface area contributed by atoms with E-state index in [-0.39, 0.29) is 23.9 Å². The smallest absolute Gasteiger partial charge is 0.258 e. The number of aromatic nitrogens is 2. The van der Waals surface area contributed by atoms with Crippen LogP contribution in [-0.2, 0) is 11.3 Å². The van der Waals surface area contributed by atoms with Gasteiger partial charge in [-0.1, -0.05) is 42.5 Å². The van der Waals surface area contributed by atoms with Crippen molar-refractivity contribution in [1.82, 2.24) is 14.9 Å². The molecule has 1 amide bonds. The Kier molecular flexibility index (Phi) is 7.34. The van der Waals surface area contributed by atoms with E-state index in [1.54, 1.807) is 6.07 Å². The second-order valence-corrected chi connectivity index (χ2v) is 8.30. The first kappa shape index (κ1) is 23.2. The summed E-state index contributed by atoms with van der Waals surface area (Å²) in [5, 5.41) is 3.53. The molecule has 0 atom stereocenters. The lowest BCUT2D eigenvalue weighted by atomic mass is 10.2. The molecule has 3 aromatic carbocycles. The highest BCUT2D eigenvalue weighted by molar-refractivity contribution is 5.92. The number of fused-ring (bicyclic) bond motifs is 1. The van der Waals surface area contributed by atoms with Crippen LogP contribution in [-0.4, -0.2) is 33.4 Å². The third-order valence-corrected chi connectivity index (χ3v) is 5.50. The Bertz CT molecular complexity index is 1320. The van der Waals surface area contributed by atoms with E-state index in [9.17, 15) is 9.59 Å². The number of rotatable bonds is 9. The van der Waals surface area contributed by atoms with Crippen molar-refractivity contribution in [3.63, 3.8) is 0 Å². The van der Waals surface area contributed by atoms with Crippen LogP contribution in [0.4, 0.5) is 5.69 Å². The summed E-state index contributed by atoms with van der Waals surface area (Å²) in [4.78, 5) is 34.7. The fourth-order valence-electron chi connectivity index (χ4n) is 3.65. The summed E-state index contributed by atoms with van der Waals surface area (Å²) in [5.74, 6) is 1.75. The quantitative estimate of drug-likeness (QED) is 0.372. The first-order valence-corrected chi connectivity index (χ1v) is 11.3. The summed E-state index contributed by atoms with van der Waals surface area (Å²) in [7, 11) is 0. The molecule has 7 nitrogen and oxygen atoms in total. The number of amides is 1. The van der Waals surface area contributed by atoms with Gasteiger partial charge in [-0.3, -0.25) is 14.5 Å². The molecule has 1 heterocycles. The number of ether oxygens (including phenoxy) is 1. The highest BCUT2D eigenvalue weighted by atomic mass is 16.5. The number of carbonyl (C=O) groups excluding carboxylic acids is 1. The molecule has 4 aromatic rings. The normalized spacial score (nSPS) is 11.2. The van der Waals surface area contributed by atoms with Gasteiger partial charge in [-0.25, -0.2) is 4.98 Å². The van der Waals surface area contributed by atoms with Crippen molar-refractivity contribution in [2.24, 2.45) is 0 Å². The van der Waals surface area contributed by atoms with E-state index in [2.05, 4.69) is 34.0 Å². The van der Waals surface area contributed by atoms with Gasteiger partial charge >= 0.3 is 0 Å². The number of hydrogen-bond acceptors (Lipinski definition) is 5. The van der Waals surface area contributed by atoms with Gasteiger partial charge in [0.15, 0.2) is 5.75 Å². The monoisotopic (exact) mass is 456 g/mol. The summed E-state index contributed by atoms with van der Waals surface area (Å²) < 4.78 is 5.93. The van der Waals surface area contributed by atoms with Crippen LogP contribution in [0, 0.1) is 0 Å². The molecule has 1 aromatic heterocycles. The number of aromatic amines is 1. The Balaban J connectivity index is 1.40. The Hall–Kier alpha value is -3.97. The third kappa shape index (κ3) is 5.88. The van der Waals surface area contributed by atoms with Crippen molar-refractivity contribution in [2.45, 2.75) is 32.9 Å². The molecule has 0 bridgehead atoms. The lowest BCUT2D eigenvalue weighted by Gasteiger charge is -2.25. The van der Waals surface area contributed by atoms with Gasteiger partial charge in [0.25, 0.3) is 5.56 Å². The lowest BCUT2D eigenvalue weighted by molar-refractivity contribution is -0.116. The van der Waals surface area contributed by atoms with Crippen LogP contribution >= 0.6 is 0 Å². The second kappa shape index (κ2) is 10.8. The number of benzene rings is 3. The maximum atomic E-state index is 12.8. The molecule has 34 heavy (non-hydrogen) atoms. The van der Waals surface area contributed by atoms with Gasteiger partial charge in [0.1, 0.15) is 11.6 Å². The molecule has 0 fully saturated rings. The molecule has 0 saturated carbocycles. The van der Waals surface area contributed by atoms with Crippen molar-refractivity contribution in [1.29, 1.82) is 0 Å². The molecule has 0 radical (unpaired) electrons. The van der Waals surface area contributed by atoms with Gasteiger partial charge in [-0.05, 0) is 50.2 Å². The Labute approximate surface area is 198 Å². The maximum absolute atomic E-state index is 12.8. The van der Waals surface area contributed by atoms with Crippen molar-refractivity contribution < 1.29 is 9.53 Å². The molecule has 0 aliphatic carbocycles. The average Bonchev–Trinajstić information content (AvgIpc) is 2.83. The van der Waals surface area contributed by atoms with Gasteiger partial charge in [0.2, 0.25) is 5.91 Å². The molecular weight excluding hydrogens is 428 g/mol. The molecule has 174 valence electrons. The number of nitrogens with one attached hydrogen (secondary N) is 2. The zero-order chi connectivity index (χ0) is 23.9. The Morgan fingerprint density at radius 2 is 1.71 bits per heavy atom. The van der Waals surface area contributed by atoms with Gasteiger partial charge in [0.05, 0.1) is 23.1 Å². The van der Waals surface area contributed by atoms with Crippen LogP contribution in [0.3, 0.4) is 0 Å². The Morgan fingerprint density at radius 1 is 1.00 bits per heavy atom. The number of carbonyl (C=O) groups is 1. The number of para-hydroxylation sites is 4. The lowest BCUT2D eigenvalue weighted by Crippen LogP contribution is -2.34. The minimum absolute atomic E-state index is 0.116. The van der Waals surface area contributed by atoms with Crippen molar-refractivity contribution in [3.8, 4) is 11.5 Å². The fraction of sp³-hybridized carbons (Fsp3) is 0.222. The molecule has 2 N–H and O–H groups in total. The largest absolute Gasteiger partial charge is 0.455 e. The van der Waals surface area contributed by atoms with Gasteiger partial charge in [-0.2, -0.15) is 0 Å². The number of H-pyrrole nitrogens is 1. The summed E-state index contributed by atoms with van der Waals surface area (Å²) in [6, 6.07) is 24.3. The van der Waals surface area contributed by atoms with Crippen LogP contribution in [0.1, 0.15) is 26.1 Å². The predicted molar refractivity (Wildman–Crippen MR) is 134 cm³/mol. The SMILES string of the molecule is CC(C)N(CCC(=O)Nc1ccccc1Oc1ccccc1)Cc1nc2ccccc2c(=O)[nH]1. The molecule has 0 saturated heterocycles. The van der Waals surface area contributed by atoms with E-state index in [1.165, 1.54) is 0 Å². The van der Waals surface area contributed by atoms with Crippen LogP contribution < -0.4 is 15.6 Å². The molecule has 0 spiro atoms. The van der Waals surface area contributed by atoms with Gasteiger partial charge in [-0.15, -0.1) is 0 Å². The average molecular weight is 457 g/mol. The van der Waals surface area contributed by atoms with Gasteiger partial charge in [0, 0.05) is 19.0 Å². The predicted octanol–water partition coefficient (Wildman–Crippen LogP) is 4.95. The molecule has 0 unspecified atom stereocenters. The summed E-state index contributed by atoms with van der Waals surface area (Å²) in [6.07, 6.45) is 0.287.